The Balaban J connectivity index is 2.55. The van der Waals surface area contributed by atoms with Crippen LogP contribution in [0.2, 0.25) is 0 Å². The fourth-order valence-electron chi connectivity index (χ4n) is 2.21. The van der Waals surface area contributed by atoms with Gasteiger partial charge in [0.2, 0.25) is 0 Å². The van der Waals surface area contributed by atoms with Crippen LogP contribution in [0.1, 0.15) is 35.2 Å². The predicted octanol–water partition coefficient (Wildman–Crippen LogP) is 2.17. The van der Waals surface area contributed by atoms with E-state index in [1.54, 1.807) is 0 Å². The van der Waals surface area contributed by atoms with Crippen LogP contribution in [0.4, 0.5) is 8.78 Å². The van der Waals surface area contributed by atoms with Crippen LogP contribution in [-0.4, -0.2) is 22.2 Å². The van der Waals surface area contributed by atoms with Crippen molar-refractivity contribution in [2.75, 3.05) is 0 Å². The van der Waals surface area contributed by atoms with Gasteiger partial charge in [0.25, 0.3) is 0 Å². The Morgan fingerprint density at radius 3 is 1.89 bits per heavy atom. The van der Waals surface area contributed by atoms with E-state index < -0.39 is 34.6 Å². The molecular weight excluding hydrogens is 246 g/mol. The van der Waals surface area contributed by atoms with Crippen molar-refractivity contribution in [2.45, 2.75) is 24.7 Å². The topological polar surface area (TPSA) is 74.6 Å². The quantitative estimate of drug-likeness (QED) is 0.869. The molecule has 0 atom stereocenters. The Kier molecular flexibility index (Phi) is 2.80. The van der Waals surface area contributed by atoms with Crippen molar-refractivity contribution >= 4 is 11.9 Å². The lowest BCUT2D eigenvalue weighted by atomic mass is 9.64. The van der Waals surface area contributed by atoms with Gasteiger partial charge in [-0.15, -0.1) is 0 Å². The van der Waals surface area contributed by atoms with Gasteiger partial charge in [0.05, 0.1) is 5.41 Å². The zero-order valence-corrected chi connectivity index (χ0v) is 9.24. The summed E-state index contributed by atoms with van der Waals surface area (Å²) in [6.07, 6.45) is 1.26. The molecule has 0 saturated heterocycles. The van der Waals surface area contributed by atoms with Crippen molar-refractivity contribution in [1.29, 1.82) is 0 Å². The van der Waals surface area contributed by atoms with Gasteiger partial charge in [0, 0.05) is 0 Å². The molecule has 2 rings (SSSR count). The number of halogens is 2. The summed E-state index contributed by atoms with van der Waals surface area (Å²) < 4.78 is 27.0. The van der Waals surface area contributed by atoms with Crippen LogP contribution in [0.3, 0.4) is 0 Å². The SMILES string of the molecule is O=C(O)c1c(F)cc(C2(C(=O)O)CCC2)cc1F. The molecule has 0 unspecified atom stereocenters. The maximum Gasteiger partial charge on any atom is 0.341 e. The van der Waals surface area contributed by atoms with E-state index in [2.05, 4.69) is 0 Å². The summed E-state index contributed by atoms with van der Waals surface area (Å²) in [6.45, 7) is 0. The molecule has 0 amide bonds. The van der Waals surface area contributed by atoms with Crippen molar-refractivity contribution < 1.29 is 28.6 Å². The highest BCUT2D eigenvalue weighted by Crippen LogP contribution is 2.44. The van der Waals surface area contributed by atoms with Crippen LogP contribution in [-0.2, 0) is 10.2 Å². The molecule has 18 heavy (non-hydrogen) atoms. The second-order valence-corrected chi connectivity index (χ2v) is 4.36. The Hall–Kier alpha value is -1.98. The van der Waals surface area contributed by atoms with Crippen molar-refractivity contribution in [2.24, 2.45) is 0 Å². The number of aromatic carboxylic acids is 1. The Labute approximate surface area is 101 Å². The third-order valence-electron chi connectivity index (χ3n) is 3.43. The fraction of sp³-hybridized carbons (Fsp3) is 0.333. The molecule has 2 N–H and O–H groups in total. The number of hydrogen-bond acceptors (Lipinski definition) is 2. The normalized spacial score (nSPS) is 17.0. The third-order valence-corrected chi connectivity index (χ3v) is 3.43. The number of carboxylic acids is 2. The second kappa shape index (κ2) is 4.04. The van der Waals surface area contributed by atoms with Crippen LogP contribution in [0, 0.1) is 11.6 Å². The maximum atomic E-state index is 13.5. The number of hydrogen-bond donors (Lipinski definition) is 2. The van der Waals surface area contributed by atoms with E-state index in [0.717, 1.165) is 12.1 Å². The average Bonchev–Trinajstić information content (AvgIpc) is 2.12. The number of carboxylic acid groups (broad SMARTS) is 2. The Morgan fingerprint density at radius 2 is 1.61 bits per heavy atom. The van der Waals surface area contributed by atoms with Gasteiger partial charge >= 0.3 is 11.9 Å². The highest BCUT2D eigenvalue weighted by Gasteiger charge is 2.46. The summed E-state index contributed by atoms with van der Waals surface area (Å²) in [5.41, 5.74) is -2.35. The minimum Gasteiger partial charge on any atom is -0.481 e. The molecule has 0 spiro atoms. The lowest BCUT2D eigenvalue weighted by Crippen LogP contribution is -2.42. The number of rotatable bonds is 3. The molecule has 0 aliphatic heterocycles. The van der Waals surface area contributed by atoms with E-state index in [-0.39, 0.29) is 5.56 Å². The third kappa shape index (κ3) is 1.64. The first-order valence-corrected chi connectivity index (χ1v) is 5.35. The van der Waals surface area contributed by atoms with Crippen molar-refractivity contribution in [3.05, 3.63) is 34.9 Å². The van der Waals surface area contributed by atoms with Crippen molar-refractivity contribution in [3.8, 4) is 0 Å². The van der Waals surface area contributed by atoms with E-state index in [1.165, 1.54) is 0 Å². The molecule has 4 nitrogen and oxygen atoms in total. The van der Waals surface area contributed by atoms with Gasteiger partial charge in [0.1, 0.15) is 17.2 Å². The van der Waals surface area contributed by atoms with Gasteiger partial charge < -0.3 is 10.2 Å². The molecule has 1 saturated carbocycles. The first kappa shape index (κ1) is 12.5. The van der Waals surface area contributed by atoms with E-state index >= 15 is 0 Å². The second-order valence-electron chi connectivity index (χ2n) is 4.36. The largest absolute Gasteiger partial charge is 0.481 e. The van der Waals surface area contributed by atoms with Gasteiger partial charge in [-0.05, 0) is 30.5 Å². The monoisotopic (exact) mass is 256 g/mol. The molecule has 6 heteroatoms. The zero-order chi connectivity index (χ0) is 13.5. The first-order chi connectivity index (χ1) is 8.38. The maximum absolute atomic E-state index is 13.5. The smallest absolute Gasteiger partial charge is 0.341 e. The molecule has 1 aromatic rings. The average molecular weight is 256 g/mol. The summed E-state index contributed by atoms with van der Waals surface area (Å²) in [5, 5.41) is 17.8. The van der Waals surface area contributed by atoms with Crippen LogP contribution >= 0.6 is 0 Å². The molecule has 96 valence electrons. The standard InChI is InChI=1S/C12H10F2O4/c13-7-4-6(5-8(14)9(7)10(15)16)12(11(17)18)2-1-3-12/h4-5H,1-3H2,(H,15,16)(H,17,18). The lowest BCUT2D eigenvalue weighted by molar-refractivity contribution is -0.147. The highest BCUT2D eigenvalue weighted by atomic mass is 19.1. The lowest BCUT2D eigenvalue weighted by Gasteiger charge is -2.38. The van der Waals surface area contributed by atoms with Crippen LogP contribution < -0.4 is 0 Å². The molecule has 0 bridgehead atoms. The van der Waals surface area contributed by atoms with Crippen LogP contribution in [0.5, 0.6) is 0 Å². The minimum atomic E-state index is -1.71. The summed E-state index contributed by atoms with van der Waals surface area (Å²) in [7, 11) is 0. The number of aliphatic carboxylic acids is 1. The molecule has 0 radical (unpaired) electrons. The molecule has 1 aliphatic carbocycles. The van der Waals surface area contributed by atoms with E-state index in [4.69, 9.17) is 10.2 Å². The number of benzene rings is 1. The van der Waals surface area contributed by atoms with Gasteiger partial charge in [-0.2, -0.15) is 0 Å². The summed E-state index contributed by atoms with van der Waals surface area (Å²) in [4.78, 5) is 21.8. The summed E-state index contributed by atoms with van der Waals surface area (Å²) >= 11 is 0. The molecular formula is C12H10F2O4. The van der Waals surface area contributed by atoms with Gasteiger partial charge in [0.15, 0.2) is 0 Å². The molecule has 0 heterocycles. The molecule has 0 aromatic heterocycles. The minimum absolute atomic E-state index is 0.0127. The molecule has 1 aliphatic rings. The first-order valence-electron chi connectivity index (χ1n) is 5.35. The van der Waals surface area contributed by atoms with Crippen molar-refractivity contribution in [1.82, 2.24) is 0 Å². The Morgan fingerprint density at radius 1 is 1.11 bits per heavy atom. The fourth-order valence-corrected chi connectivity index (χ4v) is 2.21. The Bertz CT molecular complexity index is 512. The number of carbonyl (C=O) groups is 2. The highest BCUT2D eigenvalue weighted by molar-refractivity contribution is 5.89. The van der Waals surface area contributed by atoms with E-state index in [1.807, 2.05) is 0 Å². The van der Waals surface area contributed by atoms with Gasteiger partial charge in [-0.1, -0.05) is 6.42 Å². The van der Waals surface area contributed by atoms with E-state index in [9.17, 15) is 18.4 Å². The van der Waals surface area contributed by atoms with Gasteiger partial charge in [-0.3, -0.25) is 4.79 Å². The van der Waals surface area contributed by atoms with E-state index in [0.29, 0.717) is 19.3 Å². The van der Waals surface area contributed by atoms with Crippen LogP contribution in [0.25, 0.3) is 0 Å². The summed E-state index contributed by atoms with van der Waals surface area (Å²) in [5.74, 6) is -5.35. The molecule has 1 aromatic carbocycles. The van der Waals surface area contributed by atoms with Crippen LogP contribution in [0.15, 0.2) is 12.1 Å². The summed E-state index contributed by atoms with van der Waals surface area (Å²) in [6, 6.07) is 1.61. The van der Waals surface area contributed by atoms with Gasteiger partial charge in [-0.25, -0.2) is 13.6 Å². The van der Waals surface area contributed by atoms with Crippen molar-refractivity contribution in [3.63, 3.8) is 0 Å². The molecule has 1 fully saturated rings. The zero-order valence-electron chi connectivity index (χ0n) is 9.24. The predicted molar refractivity (Wildman–Crippen MR) is 56.5 cm³/mol.